The highest BCUT2D eigenvalue weighted by atomic mass is 16.3. The lowest BCUT2D eigenvalue weighted by molar-refractivity contribution is -0.115. The van der Waals surface area contributed by atoms with E-state index in [0.717, 1.165) is 0 Å². The third kappa shape index (κ3) is 4.27. The second-order valence-electron chi connectivity index (χ2n) is 3.62. The molecule has 0 aromatic heterocycles. The van der Waals surface area contributed by atoms with Gasteiger partial charge < -0.3 is 10.4 Å². The van der Waals surface area contributed by atoms with E-state index in [-0.39, 0.29) is 12.5 Å². The van der Waals surface area contributed by atoms with Crippen LogP contribution in [0.3, 0.4) is 0 Å². The van der Waals surface area contributed by atoms with Crippen molar-refractivity contribution in [3.8, 4) is 12.3 Å². The number of aliphatic hydroxyl groups excluding tert-OH is 1. The van der Waals surface area contributed by atoms with Crippen LogP contribution in [-0.4, -0.2) is 24.1 Å². The zero-order chi connectivity index (χ0) is 12.7. The zero-order valence-electron chi connectivity index (χ0n) is 9.73. The van der Waals surface area contributed by atoms with Gasteiger partial charge in [-0.3, -0.25) is 10.1 Å². The van der Waals surface area contributed by atoms with Crippen molar-refractivity contribution in [3.05, 3.63) is 29.8 Å². The lowest BCUT2D eigenvalue weighted by Gasteiger charge is -2.12. The molecule has 4 heteroatoms. The van der Waals surface area contributed by atoms with Crippen LogP contribution in [-0.2, 0) is 4.79 Å². The molecule has 1 amide bonds. The van der Waals surface area contributed by atoms with E-state index in [0.29, 0.717) is 17.8 Å². The largest absolute Gasteiger partial charge is 0.389 e. The first-order valence-corrected chi connectivity index (χ1v) is 5.36. The van der Waals surface area contributed by atoms with Gasteiger partial charge in [0, 0.05) is 11.3 Å². The summed E-state index contributed by atoms with van der Waals surface area (Å²) in [6.45, 7) is 2.16. The van der Waals surface area contributed by atoms with Gasteiger partial charge >= 0.3 is 0 Å². The van der Waals surface area contributed by atoms with Gasteiger partial charge in [0.05, 0.1) is 19.2 Å². The normalized spacial score (nSPS) is 11.6. The number of hydrogen-bond acceptors (Lipinski definition) is 3. The van der Waals surface area contributed by atoms with Gasteiger partial charge in [0.15, 0.2) is 0 Å². The Hall–Kier alpha value is -1.83. The molecule has 0 saturated heterocycles. The number of aliphatic hydroxyl groups is 1. The molecule has 0 fully saturated rings. The summed E-state index contributed by atoms with van der Waals surface area (Å²) in [5, 5.41) is 15.1. The van der Waals surface area contributed by atoms with Gasteiger partial charge in [0.25, 0.3) is 0 Å². The Balaban J connectivity index is 2.62. The Kier molecular flexibility index (Phi) is 5.21. The van der Waals surface area contributed by atoms with E-state index < -0.39 is 6.10 Å². The maximum absolute atomic E-state index is 11.5. The number of terminal acetylenes is 1. The predicted octanol–water partition coefficient (Wildman–Crippen LogP) is 0.901. The van der Waals surface area contributed by atoms with E-state index >= 15 is 0 Å². The molecule has 0 radical (unpaired) electrons. The highest BCUT2D eigenvalue weighted by Crippen LogP contribution is 2.21. The molecule has 0 aliphatic carbocycles. The number of carbonyl (C=O) groups is 1. The van der Waals surface area contributed by atoms with E-state index in [4.69, 9.17) is 6.42 Å². The molecule has 0 aliphatic rings. The molecule has 3 N–H and O–H groups in total. The van der Waals surface area contributed by atoms with Gasteiger partial charge in [-0.1, -0.05) is 24.1 Å². The monoisotopic (exact) mass is 232 g/mol. The minimum Gasteiger partial charge on any atom is -0.389 e. The number of carbonyl (C=O) groups excluding carboxylic acids is 1. The molecule has 1 aromatic rings. The molecular formula is C13H16N2O2. The Morgan fingerprint density at radius 1 is 1.53 bits per heavy atom. The van der Waals surface area contributed by atoms with Crippen molar-refractivity contribution in [1.29, 1.82) is 0 Å². The summed E-state index contributed by atoms with van der Waals surface area (Å²) in [5.74, 6) is 2.20. The third-order valence-corrected chi connectivity index (χ3v) is 2.20. The summed E-state index contributed by atoms with van der Waals surface area (Å²) in [6.07, 6.45) is 4.43. The summed E-state index contributed by atoms with van der Waals surface area (Å²) >= 11 is 0. The Labute approximate surface area is 101 Å². The van der Waals surface area contributed by atoms with Crippen LogP contribution < -0.4 is 10.6 Å². The van der Waals surface area contributed by atoms with Gasteiger partial charge in [-0.25, -0.2) is 0 Å². The van der Waals surface area contributed by atoms with Crippen LogP contribution in [0.4, 0.5) is 5.69 Å². The summed E-state index contributed by atoms with van der Waals surface area (Å²) in [4.78, 5) is 11.5. The quantitative estimate of drug-likeness (QED) is 0.522. The van der Waals surface area contributed by atoms with E-state index in [1.807, 2.05) is 6.07 Å². The molecule has 1 atom stereocenters. The minimum absolute atomic E-state index is 0.151. The highest BCUT2D eigenvalue weighted by Gasteiger charge is 2.09. The average molecular weight is 232 g/mol. The standard InChI is InChI=1S/C13H16N2O2/c1-3-8-14-9-13(17)15-12-7-5-4-6-11(12)10(2)16/h1,4-7,10,14,16H,8-9H2,2H3,(H,15,17). The Morgan fingerprint density at radius 3 is 2.88 bits per heavy atom. The molecule has 0 heterocycles. The zero-order valence-corrected chi connectivity index (χ0v) is 9.73. The highest BCUT2D eigenvalue weighted by molar-refractivity contribution is 5.93. The summed E-state index contributed by atoms with van der Waals surface area (Å²) in [5.41, 5.74) is 1.31. The maximum Gasteiger partial charge on any atom is 0.238 e. The van der Waals surface area contributed by atoms with Crippen LogP contribution in [0.1, 0.15) is 18.6 Å². The van der Waals surface area contributed by atoms with Crippen LogP contribution in [0.15, 0.2) is 24.3 Å². The summed E-state index contributed by atoms with van der Waals surface area (Å²) < 4.78 is 0. The number of amides is 1. The predicted molar refractivity (Wildman–Crippen MR) is 67.4 cm³/mol. The van der Waals surface area contributed by atoms with Crippen molar-refractivity contribution in [3.63, 3.8) is 0 Å². The molecular weight excluding hydrogens is 216 g/mol. The SMILES string of the molecule is C#CCNCC(=O)Nc1ccccc1C(C)O. The van der Waals surface area contributed by atoms with Gasteiger partial charge in [0.1, 0.15) is 0 Å². The van der Waals surface area contributed by atoms with Crippen LogP contribution >= 0.6 is 0 Å². The van der Waals surface area contributed by atoms with Crippen molar-refractivity contribution in [2.45, 2.75) is 13.0 Å². The van der Waals surface area contributed by atoms with E-state index in [1.54, 1.807) is 25.1 Å². The molecule has 4 nitrogen and oxygen atoms in total. The first-order valence-electron chi connectivity index (χ1n) is 5.36. The number of anilines is 1. The molecule has 17 heavy (non-hydrogen) atoms. The molecule has 1 unspecified atom stereocenters. The summed E-state index contributed by atoms with van der Waals surface area (Å²) in [7, 11) is 0. The number of rotatable bonds is 5. The molecule has 0 saturated carbocycles. The Bertz CT molecular complexity index is 422. The van der Waals surface area contributed by atoms with E-state index in [2.05, 4.69) is 16.6 Å². The molecule has 1 rings (SSSR count). The molecule has 0 aliphatic heterocycles. The number of benzene rings is 1. The first kappa shape index (κ1) is 13.2. The van der Waals surface area contributed by atoms with Gasteiger partial charge in [-0.2, -0.15) is 0 Å². The van der Waals surface area contributed by atoms with Crippen molar-refractivity contribution >= 4 is 11.6 Å². The maximum atomic E-state index is 11.5. The van der Waals surface area contributed by atoms with Crippen molar-refractivity contribution < 1.29 is 9.90 Å². The van der Waals surface area contributed by atoms with Crippen molar-refractivity contribution in [2.24, 2.45) is 0 Å². The van der Waals surface area contributed by atoms with Crippen molar-refractivity contribution in [1.82, 2.24) is 5.32 Å². The van der Waals surface area contributed by atoms with E-state index in [9.17, 15) is 9.90 Å². The van der Waals surface area contributed by atoms with Crippen LogP contribution in [0, 0.1) is 12.3 Å². The van der Waals surface area contributed by atoms with Crippen LogP contribution in [0.25, 0.3) is 0 Å². The molecule has 1 aromatic carbocycles. The van der Waals surface area contributed by atoms with Gasteiger partial charge in [-0.15, -0.1) is 6.42 Å². The smallest absolute Gasteiger partial charge is 0.238 e. The number of hydrogen-bond donors (Lipinski definition) is 3. The van der Waals surface area contributed by atoms with E-state index in [1.165, 1.54) is 0 Å². The fourth-order valence-corrected chi connectivity index (χ4v) is 1.42. The van der Waals surface area contributed by atoms with Gasteiger partial charge in [-0.05, 0) is 13.0 Å². The third-order valence-electron chi connectivity index (χ3n) is 2.20. The molecule has 0 spiro atoms. The minimum atomic E-state index is -0.620. The lowest BCUT2D eigenvalue weighted by atomic mass is 10.1. The van der Waals surface area contributed by atoms with Crippen LogP contribution in [0.2, 0.25) is 0 Å². The number of para-hydroxylation sites is 1. The van der Waals surface area contributed by atoms with Crippen LogP contribution in [0.5, 0.6) is 0 Å². The second-order valence-corrected chi connectivity index (χ2v) is 3.62. The van der Waals surface area contributed by atoms with Crippen molar-refractivity contribution in [2.75, 3.05) is 18.4 Å². The second kappa shape index (κ2) is 6.69. The fourth-order valence-electron chi connectivity index (χ4n) is 1.42. The topological polar surface area (TPSA) is 61.4 Å². The molecule has 90 valence electrons. The summed E-state index contributed by atoms with van der Waals surface area (Å²) in [6, 6.07) is 7.14. The van der Waals surface area contributed by atoms with Gasteiger partial charge in [0.2, 0.25) is 5.91 Å². The lowest BCUT2D eigenvalue weighted by Crippen LogP contribution is -2.28. The molecule has 0 bridgehead atoms. The fraction of sp³-hybridized carbons (Fsp3) is 0.308. The number of nitrogens with one attached hydrogen (secondary N) is 2. The Morgan fingerprint density at radius 2 is 2.24 bits per heavy atom. The average Bonchev–Trinajstić information content (AvgIpc) is 2.29. The first-order chi connectivity index (χ1) is 8.15.